The summed E-state index contributed by atoms with van der Waals surface area (Å²) in [6.07, 6.45) is 1.72. The first kappa shape index (κ1) is 19.6. The fraction of sp³-hybridized carbons (Fsp3) is 0.917. The Labute approximate surface area is 141 Å². The van der Waals surface area contributed by atoms with E-state index in [2.05, 4.69) is 0 Å². The number of hydrogen-bond acceptors (Lipinski definition) is 8. The summed E-state index contributed by atoms with van der Waals surface area (Å²) in [5.74, 6) is -1.95. The fourth-order valence-corrected chi connectivity index (χ4v) is 4.46. The van der Waals surface area contributed by atoms with Gasteiger partial charge in [0.05, 0.1) is 0 Å². The highest BCUT2D eigenvalue weighted by atomic mass is 32.2. The lowest BCUT2D eigenvalue weighted by Gasteiger charge is -2.25. The predicted molar refractivity (Wildman–Crippen MR) is 84.9 cm³/mol. The summed E-state index contributed by atoms with van der Waals surface area (Å²) < 4.78 is 30.9. The van der Waals surface area contributed by atoms with Crippen LogP contribution in [0.3, 0.4) is 0 Å². The molecule has 7 N–H and O–H groups in total. The van der Waals surface area contributed by atoms with Crippen LogP contribution in [0.15, 0.2) is 0 Å². The van der Waals surface area contributed by atoms with Crippen molar-refractivity contribution in [3.05, 3.63) is 0 Å². The second kappa shape index (κ2) is 6.86. The third-order valence-electron chi connectivity index (χ3n) is 4.78. The van der Waals surface area contributed by atoms with Crippen LogP contribution < -0.4 is 11.5 Å². The van der Waals surface area contributed by atoms with E-state index >= 15 is 0 Å². The molecular weight excluding hydrogens is 341 g/mol. The average molecular weight is 365 g/mol. The van der Waals surface area contributed by atoms with E-state index in [0.29, 0.717) is 19.3 Å². The van der Waals surface area contributed by atoms with E-state index in [9.17, 15) is 18.3 Å². The van der Waals surface area contributed by atoms with E-state index in [1.54, 1.807) is 0 Å². The molecular formula is C12H24BN3O7S. The molecule has 0 unspecified atom stereocenters. The van der Waals surface area contributed by atoms with Crippen LogP contribution in [0.4, 0.5) is 0 Å². The third kappa shape index (κ3) is 4.07. The Hall–Kier alpha value is -0.755. The van der Waals surface area contributed by atoms with Gasteiger partial charge in [0.1, 0.15) is 11.1 Å². The topological polar surface area (TPSA) is 176 Å². The highest BCUT2D eigenvalue weighted by Crippen LogP contribution is 2.41. The van der Waals surface area contributed by atoms with Crippen LogP contribution in [0, 0.1) is 5.92 Å². The van der Waals surface area contributed by atoms with Crippen LogP contribution in [0.5, 0.6) is 0 Å². The SMILES string of the molecule is NCC1(OS(=O)(=O)N2C[C@H](CCCB(O)O)[C@](N)(C(=O)O)C2)CC1. The van der Waals surface area contributed by atoms with Crippen LogP contribution in [-0.4, -0.2) is 71.7 Å². The van der Waals surface area contributed by atoms with E-state index in [0.717, 1.165) is 4.31 Å². The molecule has 0 amide bonds. The minimum atomic E-state index is -4.13. The largest absolute Gasteiger partial charge is 0.480 e. The minimum Gasteiger partial charge on any atom is -0.480 e. The van der Waals surface area contributed by atoms with Gasteiger partial charge in [-0.05, 0) is 25.6 Å². The van der Waals surface area contributed by atoms with Gasteiger partial charge >= 0.3 is 23.4 Å². The Kier molecular flexibility index (Phi) is 5.60. The molecule has 2 fully saturated rings. The Morgan fingerprint density at radius 2 is 2.00 bits per heavy atom. The van der Waals surface area contributed by atoms with Crippen LogP contribution in [0.25, 0.3) is 0 Å². The number of carboxylic acids is 1. The first-order valence-electron chi connectivity index (χ1n) is 7.84. The van der Waals surface area contributed by atoms with Gasteiger partial charge in [-0.25, -0.2) is 4.18 Å². The van der Waals surface area contributed by atoms with Gasteiger partial charge in [0.2, 0.25) is 0 Å². The molecule has 0 aromatic carbocycles. The van der Waals surface area contributed by atoms with Crippen LogP contribution in [0.2, 0.25) is 6.32 Å². The molecule has 0 radical (unpaired) electrons. The second-order valence-electron chi connectivity index (χ2n) is 6.67. The van der Waals surface area contributed by atoms with E-state index < -0.39 is 47.0 Å². The molecule has 138 valence electrons. The molecule has 0 aromatic rings. The summed E-state index contributed by atoms with van der Waals surface area (Å²) in [5, 5.41) is 27.2. The van der Waals surface area contributed by atoms with Crippen molar-refractivity contribution in [3.8, 4) is 0 Å². The van der Waals surface area contributed by atoms with Crippen molar-refractivity contribution in [3.63, 3.8) is 0 Å². The van der Waals surface area contributed by atoms with Crippen molar-refractivity contribution in [2.45, 2.75) is 43.1 Å². The molecule has 1 aliphatic heterocycles. The van der Waals surface area contributed by atoms with E-state index in [1.165, 1.54) is 0 Å². The third-order valence-corrected chi connectivity index (χ3v) is 6.26. The van der Waals surface area contributed by atoms with Crippen molar-refractivity contribution in [2.24, 2.45) is 17.4 Å². The summed E-state index contributed by atoms with van der Waals surface area (Å²) in [4.78, 5) is 11.6. The maximum absolute atomic E-state index is 12.4. The minimum absolute atomic E-state index is 0.0612. The van der Waals surface area contributed by atoms with Gasteiger partial charge in [-0.3, -0.25) is 4.79 Å². The molecule has 1 heterocycles. The molecule has 1 saturated heterocycles. The zero-order valence-corrected chi connectivity index (χ0v) is 14.1. The molecule has 0 bridgehead atoms. The summed E-state index contributed by atoms with van der Waals surface area (Å²) >= 11 is 0. The van der Waals surface area contributed by atoms with Crippen LogP contribution >= 0.6 is 0 Å². The van der Waals surface area contributed by atoms with Crippen molar-refractivity contribution < 1.29 is 32.5 Å². The van der Waals surface area contributed by atoms with Gasteiger partial charge in [-0.2, -0.15) is 12.7 Å². The first-order chi connectivity index (χ1) is 11.0. The molecule has 2 rings (SSSR count). The molecule has 0 spiro atoms. The maximum atomic E-state index is 12.4. The lowest BCUT2D eigenvalue weighted by Crippen LogP contribution is -2.55. The summed E-state index contributed by atoms with van der Waals surface area (Å²) in [7, 11) is -5.63. The number of nitrogens with two attached hydrogens (primary N) is 2. The lowest BCUT2D eigenvalue weighted by molar-refractivity contribution is -0.144. The zero-order valence-electron chi connectivity index (χ0n) is 13.3. The smallest absolute Gasteiger partial charge is 0.451 e. The molecule has 24 heavy (non-hydrogen) atoms. The van der Waals surface area contributed by atoms with E-state index in [-0.39, 0.29) is 25.8 Å². The molecule has 1 saturated carbocycles. The highest BCUT2D eigenvalue weighted by molar-refractivity contribution is 7.84. The molecule has 12 heteroatoms. The zero-order chi connectivity index (χ0) is 18.2. The van der Waals surface area contributed by atoms with Crippen molar-refractivity contribution in [1.29, 1.82) is 0 Å². The van der Waals surface area contributed by atoms with Gasteiger partial charge in [0.25, 0.3) is 0 Å². The number of rotatable bonds is 9. The monoisotopic (exact) mass is 365 g/mol. The Morgan fingerprint density at radius 3 is 2.46 bits per heavy atom. The summed E-state index contributed by atoms with van der Waals surface area (Å²) in [6.45, 7) is -0.407. The van der Waals surface area contributed by atoms with Gasteiger partial charge in [-0.1, -0.05) is 6.42 Å². The summed E-state index contributed by atoms with van der Waals surface area (Å²) in [6, 6.07) is 0. The number of hydrogen-bond donors (Lipinski definition) is 5. The Bertz CT molecular complexity index is 583. The molecule has 2 aliphatic rings. The van der Waals surface area contributed by atoms with Gasteiger partial charge in [0.15, 0.2) is 0 Å². The quantitative estimate of drug-likeness (QED) is 0.281. The Balaban J connectivity index is 2.09. The fourth-order valence-electron chi connectivity index (χ4n) is 2.94. The van der Waals surface area contributed by atoms with Gasteiger partial charge in [-0.15, -0.1) is 0 Å². The van der Waals surface area contributed by atoms with Crippen LogP contribution in [0.1, 0.15) is 25.7 Å². The van der Waals surface area contributed by atoms with E-state index in [4.69, 9.17) is 25.7 Å². The average Bonchev–Trinajstić information content (AvgIpc) is 3.14. The molecule has 0 aromatic heterocycles. The lowest BCUT2D eigenvalue weighted by atomic mass is 9.78. The summed E-state index contributed by atoms with van der Waals surface area (Å²) in [5.41, 5.74) is 8.86. The first-order valence-corrected chi connectivity index (χ1v) is 9.20. The second-order valence-corrected chi connectivity index (χ2v) is 8.21. The number of aliphatic carboxylic acids is 1. The van der Waals surface area contributed by atoms with Gasteiger partial charge in [0, 0.05) is 25.6 Å². The number of nitrogens with zero attached hydrogens (tertiary/aromatic N) is 1. The van der Waals surface area contributed by atoms with Crippen LogP contribution in [-0.2, 0) is 19.3 Å². The van der Waals surface area contributed by atoms with Crippen molar-refractivity contribution in [1.82, 2.24) is 4.31 Å². The molecule has 10 nitrogen and oxygen atoms in total. The standard InChI is InChI=1S/C12H24BN3O7S/c14-7-11(3-4-11)23-24(21,22)16-6-9(2-1-5-13(19)20)12(15,8-16)10(17)18/h9,19-20H,1-8,14-15H2,(H,17,18)/t9-,12-/m0/s1. The van der Waals surface area contributed by atoms with E-state index in [1.807, 2.05) is 0 Å². The Morgan fingerprint density at radius 1 is 1.38 bits per heavy atom. The molecule has 2 atom stereocenters. The molecule has 1 aliphatic carbocycles. The van der Waals surface area contributed by atoms with Gasteiger partial charge < -0.3 is 26.6 Å². The maximum Gasteiger partial charge on any atom is 0.451 e. The van der Waals surface area contributed by atoms with Crippen molar-refractivity contribution in [2.75, 3.05) is 19.6 Å². The predicted octanol–water partition coefficient (Wildman–Crippen LogP) is -2.29. The highest BCUT2D eigenvalue weighted by Gasteiger charge is 2.55. The van der Waals surface area contributed by atoms with Crippen molar-refractivity contribution >= 4 is 23.4 Å². The number of carboxylic acid groups (broad SMARTS) is 1. The number of carbonyl (C=O) groups is 1. The normalized spacial score (nSPS) is 29.6.